The predicted molar refractivity (Wildman–Crippen MR) is 99.6 cm³/mol. The van der Waals surface area contributed by atoms with Crippen molar-refractivity contribution in [3.8, 4) is 0 Å². The van der Waals surface area contributed by atoms with Crippen LogP contribution >= 0.6 is 11.3 Å². The van der Waals surface area contributed by atoms with E-state index < -0.39 is 9.84 Å². The molecule has 0 aliphatic heterocycles. The molecule has 2 aromatic rings. The molecule has 0 fully saturated rings. The summed E-state index contributed by atoms with van der Waals surface area (Å²) in [5.74, 6) is -0.872. The van der Waals surface area contributed by atoms with Crippen LogP contribution in [0.5, 0.6) is 0 Å². The van der Waals surface area contributed by atoms with Gasteiger partial charge in [0.2, 0.25) is 0 Å². The Labute approximate surface area is 156 Å². The quantitative estimate of drug-likeness (QED) is 0.695. The molecule has 0 unspecified atom stereocenters. The van der Waals surface area contributed by atoms with Gasteiger partial charge in [-0.25, -0.2) is 8.42 Å². The number of rotatable bonds is 6. The van der Waals surface area contributed by atoms with Crippen LogP contribution in [-0.4, -0.2) is 37.7 Å². The Balaban J connectivity index is 2.57. The fraction of sp³-hybridized carbons (Fsp3) is 0.471. The van der Waals surface area contributed by atoms with Gasteiger partial charge in [-0.05, 0) is 25.1 Å². The number of carbonyl (C=O) groups is 2. The molecular weight excluding hydrogens is 376 g/mol. The van der Waals surface area contributed by atoms with Gasteiger partial charge in [-0.1, -0.05) is 25.2 Å². The maximum absolute atomic E-state index is 12.0. The predicted octanol–water partition coefficient (Wildman–Crippen LogP) is 2.14. The van der Waals surface area contributed by atoms with Gasteiger partial charge in [0.1, 0.15) is 0 Å². The first-order chi connectivity index (χ1) is 12.1. The SMILES string of the molecule is CCOC(=O)CCn1c(=NC(=O)C(C)C)sc2cc(S(C)(=O)=O)ccc21. The van der Waals surface area contributed by atoms with Gasteiger partial charge < -0.3 is 9.30 Å². The van der Waals surface area contributed by atoms with Crippen LogP contribution in [-0.2, 0) is 30.7 Å². The molecule has 0 bridgehead atoms. The van der Waals surface area contributed by atoms with Gasteiger partial charge >= 0.3 is 5.97 Å². The molecule has 1 aromatic heterocycles. The third kappa shape index (κ3) is 4.79. The number of fused-ring (bicyclic) bond motifs is 1. The molecule has 2 rings (SSSR count). The minimum Gasteiger partial charge on any atom is -0.466 e. The van der Waals surface area contributed by atoms with Crippen LogP contribution in [0, 0.1) is 5.92 Å². The molecule has 0 spiro atoms. The Kier molecular flexibility index (Phi) is 6.35. The molecule has 1 heterocycles. The largest absolute Gasteiger partial charge is 0.466 e. The first-order valence-electron chi connectivity index (χ1n) is 8.21. The van der Waals surface area contributed by atoms with Gasteiger partial charge in [-0.2, -0.15) is 4.99 Å². The van der Waals surface area contributed by atoms with E-state index in [-0.39, 0.29) is 29.1 Å². The maximum atomic E-state index is 12.0. The van der Waals surface area contributed by atoms with E-state index in [1.807, 2.05) is 0 Å². The molecule has 26 heavy (non-hydrogen) atoms. The lowest BCUT2D eigenvalue weighted by Gasteiger charge is -2.06. The third-order valence-corrected chi connectivity index (χ3v) is 5.78. The molecule has 1 amide bonds. The summed E-state index contributed by atoms with van der Waals surface area (Å²) in [6, 6.07) is 4.75. The molecular formula is C17H22N2O5S2. The molecule has 0 saturated heterocycles. The lowest BCUT2D eigenvalue weighted by atomic mass is 10.2. The lowest BCUT2D eigenvalue weighted by Crippen LogP contribution is -2.20. The van der Waals surface area contributed by atoms with E-state index in [1.54, 1.807) is 37.5 Å². The number of aryl methyl sites for hydroxylation is 1. The van der Waals surface area contributed by atoms with E-state index in [1.165, 1.54) is 17.4 Å². The maximum Gasteiger partial charge on any atom is 0.307 e. The highest BCUT2D eigenvalue weighted by atomic mass is 32.2. The van der Waals surface area contributed by atoms with Crippen LogP contribution in [0.15, 0.2) is 28.1 Å². The van der Waals surface area contributed by atoms with Crippen molar-refractivity contribution in [2.75, 3.05) is 12.9 Å². The number of sulfone groups is 1. The second-order valence-electron chi connectivity index (χ2n) is 6.10. The number of benzene rings is 1. The molecule has 0 saturated carbocycles. The van der Waals surface area contributed by atoms with Gasteiger partial charge in [-0.15, -0.1) is 0 Å². The monoisotopic (exact) mass is 398 g/mol. The molecule has 0 aliphatic rings. The zero-order chi connectivity index (χ0) is 19.5. The van der Waals surface area contributed by atoms with E-state index in [0.717, 1.165) is 11.8 Å². The van der Waals surface area contributed by atoms with Gasteiger partial charge in [0.25, 0.3) is 5.91 Å². The second-order valence-corrected chi connectivity index (χ2v) is 9.12. The summed E-state index contributed by atoms with van der Waals surface area (Å²) in [7, 11) is -3.34. The number of thiazole rings is 1. The van der Waals surface area contributed by atoms with Gasteiger partial charge in [0.15, 0.2) is 14.6 Å². The van der Waals surface area contributed by atoms with Crippen LogP contribution in [0.1, 0.15) is 27.2 Å². The Morgan fingerprint density at radius 3 is 2.58 bits per heavy atom. The van der Waals surface area contributed by atoms with Crippen molar-refractivity contribution in [1.29, 1.82) is 0 Å². The van der Waals surface area contributed by atoms with E-state index in [0.29, 0.717) is 22.7 Å². The average molecular weight is 399 g/mol. The molecule has 9 heteroatoms. The topological polar surface area (TPSA) is 94.8 Å². The Hall–Kier alpha value is -2.00. The van der Waals surface area contributed by atoms with Crippen LogP contribution in [0.2, 0.25) is 0 Å². The first kappa shape index (κ1) is 20.3. The first-order valence-corrected chi connectivity index (χ1v) is 10.9. The van der Waals surface area contributed by atoms with Gasteiger partial charge in [0, 0.05) is 18.7 Å². The highest BCUT2D eigenvalue weighted by molar-refractivity contribution is 7.90. The molecule has 0 radical (unpaired) electrons. The minimum atomic E-state index is -3.34. The summed E-state index contributed by atoms with van der Waals surface area (Å²) in [6.07, 6.45) is 1.28. The summed E-state index contributed by atoms with van der Waals surface area (Å²) in [5.41, 5.74) is 0.724. The number of hydrogen-bond donors (Lipinski definition) is 0. The number of ether oxygens (including phenoxy) is 1. The fourth-order valence-corrected chi connectivity index (χ4v) is 4.07. The van der Waals surface area contributed by atoms with Crippen LogP contribution < -0.4 is 4.80 Å². The van der Waals surface area contributed by atoms with Crippen molar-refractivity contribution in [1.82, 2.24) is 4.57 Å². The van der Waals surface area contributed by atoms with Gasteiger partial charge in [0.05, 0.1) is 28.1 Å². The van der Waals surface area contributed by atoms with Crippen molar-refractivity contribution in [3.63, 3.8) is 0 Å². The molecule has 7 nitrogen and oxygen atoms in total. The fourth-order valence-electron chi connectivity index (χ4n) is 2.25. The van der Waals surface area contributed by atoms with E-state index in [4.69, 9.17) is 4.74 Å². The number of amides is 1. The molecule has 0 atom stereocenters. The lowest BCUT2D eigenvalue weighted by molar-refractivity contribution is -0.143. The number of esters is 1. The molecule has 0 N–H and O–H groups in total. The van der Waals surface area contributed by atoms with Crippen molar-refractivity contribution < 1.29 is 22.7 Å². The van der Waals surface area contributed by atoms with Crippen molar-refractivity contribution in [2.45, 2.75) is 38.6 Å². The van der Waals surface area contributed by atoms with Gasteiger partial charge in [-0.3, -0.25) is 9.59 Å². The number of hydrogen-bond acceptors (Lipinski definition) is 6. The average Bonchev–Trinajstić information content (AvgIpc) is 2.88. The Morgan fingerprint density at radius 2 is 2.00 bits per heavy atom. The van der Waals surface area contributed by atoms with Crippen LogP contribution in [0.3, 0.4) is 0 Å². The smallest absolute Gasteiger partial charge is 0.307 e. The van der Waals surface area contributed by atoms with Crippen LogP contribution in [0.25, 0.3) is 10.2 Å². The number of nitrogens with zero attached hydrogens (tertiary/aromatic N) is 2. The number of carbonyl (C=O) groups excluding carboxylic acids is 2. The molecule has 0 aliphatic carbocycles. The normalized spacial score (nSPS) is 12.7. The zero-order valence-corrected chi connectivity index (χ0v) is 16.8. The van der Waals surface area contributed by atoms with Crippen molar-refractivity contribution in [2.24, 2.45) is 10.9 Å². The second kappa shape index (κ2) is 8.13. The minimum absolute atomic E-state index is 0.135. The molecule has 1 aromatic carbocycles. The number of aromatic nitrogens is 1. The summed E-state index contributed by atoms with van der Waals surface area (Å²) < 4.78 is 31.0. The third-order valence-electron chi connectivity index (χ3n) is 3.63. The van der Waals surface area contributed by atoms with Crippen molar-refractivity contribution in [3.05, 3.63) is 23.0 Å². The zero-order valence-electron chi connectivity index (χ0n) is 15.2. The Morgan fingerprint density at radius 1 is 1.31 bits per heavy atom. The standard InChI is InChI=1S/C17H22N2O5S2/c1-5-24-15(20)8-9-19-13-7-6-12(26(4,22)23)10-14(13)25-17(19)18-16(21)11(2)3/h6-7,10-11H,5,8-9H2,1-4H3. The summed E-state index contributed by atoms with van der Waals surface area (Å²) in [6.45, 7) is 5.84. The van der Waals surface area contributed by atoms with Crippen molar-refractivity contribution >= 4 is 43.3 Å². The summed E-state index contributed by atoms with van der Waals surface area (Å²) in [5, 5.41) is 0. The highest BCUT2D eigenvalue weighted by Gasteiger charge is 2.14. The van der Waals surface area contributed by atoms with E-state index >= 15 is 0 Å². The summed E-state index contributed by atoms with van der Waals surface area (Å²) >= 11 is 1.22. The van der Waals surface area contributed by atoms with Crippen LogP contribution in [0.4, 0.5) is 0 Å². The highest BCUT2D eigenvalue weighted by Crippen LogP contribution is 2.22. The van der Waals surface area contributed by atoms with E-state index in [9.17, 15) is 18.0 Å². The summed E-state index contributed by atoms with van der Waals surface area (Å²) in [4.78, 5) is 28.5. The molecule has 142 valence electrons. The van der Waals surface area contributed by atoms with E-state index in [2.05, 4.69) is 4.99 Å². The Bertz CT molecular complexity index is 1000.